The van der Waals surface area contributed by atoms with E-state index in [1.807, 2.05) is 6.07 Å². The van der Waals surface area contributed by atoms with Crippen LogP contribution in [0.3, 0.4) is 0 Å². The van der Waals surface area contributed by atoms with Crippen molar-refractivity contribution in [3.63, 3.8) is 0 Å². The van der Waals surface area contributed by atoms with Gasteiger partial charge in [-0.05, 0) is 43.1 Å². The van der Waals surface area contributed by atoms with E-state index in [0.717, 1.165) is 37.2 Å². The number of rotatable bonds is 3. The zero-order chi connectivity index (χ0) is 10.7. The van der Waals surface area contributed by atoms with Crippen molar-refractivity contribution in [2.75, 3.05) is 17.6 Å². The van der Waals surface area contributed by atoms with Gasteiger partial charge in [0.25, 0.3) is 0 Å². The standard InChI is InChI=1S/C10H17N3OS/c11-9-5-10(15-13-9)12-6-7-1-3-8(14)4-2-7/h5,7-8,12,14H,1-4,6H2,(H2,11,13). The lowest BCUT2D eigenvalue weighted by Gasteiger charge is -2.25. The first kappa shape index (κ1) is 10.7. The SMILES string of the molecule is Nc1cc(NCC2CCC(O)CC2)sn1. The van der Waals surface area contributed by atoms with Crippen LogP contribution in [0.15, 0.2) is 6.07 Å². The Balaban J connectivity index is 1.74. The number of aliphatic hydroxyl groups excluding tert-OH is 1. The molecular formula is C10H17N3OS. The maximum absolute atomic E-state index is 9.37. The Morgan fingerprint density at radius 2 is 2.20 bits per heavy atom. The lowest BCUT2D eigenvalue weighted by molar-refractivity contribution is 0.111. The van der Waals surface area contributed by atoms with E-state index in [2.05, 4.69) is 9.69 Å². The van der Waals surface area contributed by atoms with Crippen LogP contribution in [-0.4, -0.2) is 22.1 Å². The van der Waals surface area contributed by atoms with E-state index >= 15 is 0 Å². The predicted molar refractivity (Wildman–Crippen MR) is 63.0 cm³/mol. The molecule has 4 N–H and O–H groups in total. The molecule has 1 fully saturated rings. The fourth-order valence-electron chi connectivity index (χ4n) is 1.97. The molecule has 5 heteroatoms. The summed E-state index contributed by atoms with van der Waals surface area (Å²) in [6, 6.07) is 1.86. The highest BCUT2D eigenvalue weighted by Gasteiger charge is 2.19. The normalized spacial score (nSPS) is 26.5. The number of anilines is 2. The predicted octanol–water partition coefficient (Wildman–Crippen LogP) is 1.69. The number of nitrogen functional groups attached to an aromatic ring is 1. The Morgan fingerprint density at radius 3 is 2.80 bits per heavy atom. The number of hydrogen-bond acceptors (Lipinski definition) is 5. The first-order valence-corrected chi connectivity index (χ1v) is 6.15. The summed E-state index contributed by atoms with van der Waals surface area (Å²) in [4.78, 5) is 0. The van der Waals surface area contributed by atoms with Gasteiger partial charge in [-0.1, -0.05) is 0 Å². The largest absolute Gasteiger partial charge is 0.393 e. The number of nitrogens with zero attached hydrogens (tertiary/aromatic N) is 1. The fraction of sp³-hybridized carbons (Fsp3) is 0.700. The number of hydrogen-bond donors (Lipinski definition) is 3. The summed E-state index contributed by atoms with van der Waals surface area (Å²) in [5.74, 6) is 1.26. The second-order valence-electron chi connectivity index (χ2n) is 4.17. The van der Waals surface area contributed by atoms with E-state index in [1.165, 1.54) is 11.5 Å². The summed E-state index contributed by atoms with van der Waals surface area (Å²) in [5.41, 5.74) is 5.53. The summed E-state index contributed by atoms with van der Waals surface area (Å²) in [7, 11) is 0. The minimum atomic E-state index is -0.0692. The van der Waals surface area contributed by atoms with Crippen molar-refractivity contribution in [2.24, 2.45) is 5.92 Å². The number of aliphatic hydroxyl groups is 1. The van der Waals surface area contributed by atoms with Gasteiger partial charge >= 0.3 is 0 Å². The summed E-state index contributed by atoms with van der Waals surface area (Å²) in [6.07, 6.45) is 4.04. The van der Waals surface area contributed by atoms with Crippen molar-refractivity contribution < 1.29 is 5.11 Å². The molecule has 4 nitrogen and oxygen atoms in total. The maximum atomic E-state index is 9.37. The Labute approximate surface area is 93.7 Å². The van der Waals surface area contributed by atoms with E-state index < -0.39 is 0 Å². The molecule has 0 aromatic carbocycles. The molecule has 1 aliphatic rings. The topological polar surface area (TPSA) is 71.2 Å². The number of aromatic nitrogens is 1. The van der Waals surface area contributed by atoms with Gasteiger partial charge in [0.05, 0.1) is 6.10 Å². The van der Waals surface area contributed by atoms with Crippen molar-refractivity contribution in [2.45, 2.75) is 31.8 Å². The molecule has 0 unspecified atom stereocenters. The number of nitrogens with two attached hydrogens (primary N) is 1. The van der Waals surface area contributed by atoms with Gasteiger partial charge in [0.2, 0.25) is 0 Å². The molecular weight excluding hydrogens is 210 g/mol. The second-order valence-corrected chi connectivity index (χ2v) is 4.98. The van der Waals surface area contributed by atoms with E-state index in [4.69, 9.17) is 5.73 Å². The van der Waals surface area contributed by atoms with Gasteiger partial charge in [-0.3, -0.25) is 0 Å². The average molecular weight is 227 g/mol. The van der Waals surface area contributed by atoms with Crippen molar-refractivity contribution in [3.05, 3.63) is 6.07 Å². The van der Waals surface area contributed by atoms with E-state index in [0.29, 0.717) is 11.7 Å². The monoisotopic (exact) mass is 227 g/mol. The van der Waals surface area contributed by atoms with Gasteiger partial charge in [-0.2, -0.15) is 4.37 Å². The van der Waals surface area contributed by atoms with E-state index in [9.17, 15) is 5.11 Å². The van der Waals surface area contributed by atoms with Crippen LogP contribution in [-0.2, 0) is 0 Å². The molecule has 84 valence electrons. The summed E-state index contributed by atoms with van der Waals surface area (Å²) in [6.45, 7) is 0.967. The summed E-state index contributed by atoms with van der Waals surface area (Å²) in [5, 5.41) is 13.8. The highest BCUT2D eigenvalue weighted by atomic mass is 32.1. The first-order chi connectivity index (χ1) is 7.24. The highest BCUT2D eigenvalue weighted by Crippen LogP contribution is 2.25. The molecule has 0 spiro atoms. The minimum Gasteiger partial charge on any atom is -0.393 e. The third-order valence-electron chi connectivity index (χ3n) is 2.91. The van der Waals surface area contributed by atoms with Crippen LogP contribution in [0.5, 0.6) is 0 Å². The molecule has 1 saturated carbocycles. The quantitative estimate of drug-likeness (QED) is 0.735. The van der Waals surface area contributed by atoms with Gasteiger partial charge in [0.1, 0.15) is 10.8 Å². The zero-order valence-electron chi connectivity index (χ0n) is 8.65. The van der Waals surface area contributed by atoms with Crippen molar-refractivity contribution in [1.29, 1.82) is 0 Å². The lowest BCUT2D eigenvalue weighted by Crippen LogP contribution is -2.23. The molecule has 1 aromatic heterocycles. The van der Waals surface area contributed by atoms with Gasteiger partial charge < -0.3 is 16.2 Å². The van der Waals surface area contributed by atoms with Crippen molar-refractivity contribution in [1.82, 2.24) is 4.37 Å². The van der Waals surface area contributed by atoms with Gasteiger partial charge in [-0.25, -0.2) is 0 Å². The lowest BCUT2D eigenvalue weighted by atomic mass is 9.87. The summed E-state index contributed by atoms with van der Waals surface area (Å²) >= 11 is 1.40. The Morgan fingerprint density at radius 1 is 1.47 bits per heavy atom. The third-order valence-corrected chi connectivity index (χ3v) is 3.67. The highest BCUT2D eigenvalue weighted by molar-refractivity contribution is 7.10. The Hall–Kier alpha value is -0.810. The fourth-order valence-corrected chi connectivity index (χ4v) is 2.54. The average Bonchev–Trinajstić information content (AvgIpc) is 2.64. The van der Waals surface area contributed by atoms with E-state index in [-0.39, 0.29) is 6.10 Å². The van der Waals surface area contributed by atoms with Crippen LogP contribution in [0.4, 0.5) is 10.8 Å². The molecule has 0 aliphatic heterocycles. The van der Waals surface area contributed by atoms with Crippen LogP contribution in [0.1, 0.15) is 25.7 Å². The molecule has 1 aromatic rings. The maximum Gasteiger partial charge on any atom is 0.139 e. The number of nitrogens with one attached hydrogen (secondary N) is 1. The van der Waals surface area contributed by atoms with Crippen LogP contribution in [0.2, 0.25) is 0 Å². The second kappa shape index (κ2) is 4.81. The van der Waals surface area contributed by atoms with Crippen LogP contribution in [0.25, 0.3) is 0 Å². The molecule has 15 heavy (non-hydrogen) atoms. The van der Waals surface area contributed by atoms with Crippen LogP contribution >= 0.6 is 11.5 Å². The van der Waals surface area contributed by atoms with E-state index in [1.54, 1.807) is 0 Å². The van der Waals surface area contributed by atoms with Crippen LogP contribution < -0.4 is 11.1 Å². The molecule has 0 atom stereocenters. The molecule has 2 rings (SSSR count). The van der Waals surface area contributed by atoms with Gasteiger partial charge in [-0.15, -0.1) is 0 Å². The Kier molecular flexibility index (Phi) is 3.43. The third kappa shape index (κ3) is 3.07. The Bertz CT molecular complexity index is 307. The first-order valence-electron chi connectivity index (χ1n) is 5.38. The minimum absolute atomic E-state index is 0.0692. The van der Waals surface area contributed by atoms with Crippen LogP contribution in [0, 0.1) is 5.92 Å². The van der Waals surface area contributed by atoms with Gasteiger partial charge in [0.15, 0.2) is 0 Å². The van der Waals surface area contributed by atoms with Crippen molar-refractivity contribution in [3.8, 4) is 0 Å². The van der Waals surface area contributed by atoms with Gasteiger partial charge in [0, 0.05) is 12.6 Å². The molecule has 0 radical (unpaired) electrons. The smallest absolute Gasteiger partial charge is 0.139 e. The molecule has 1 heterocycles. The summed E-state index contributed by atoms with van der Waals surface area (Å²) < 4.78 is 4.01. The molecule has 0 bridgehead atoms. The molecule has 0 amide bonds. The molecule has 1 aliphatic carbocycles. The molecule has 0 saturated heterocycles. The zero-order valence-corrected chi connectivity index (χ0v) is 9.46. The van der Waals surface area contributed by atoms with Crippen molar-refractivity contribution >= 4 is 22.4 Å².